The van der Waals surface area contributed by atoms with E-state index in [0.717, 1.165) is 95.8 Å². The molecular weight excluding hydrogens is 705 g/mol. The molecule has 6 rings (SSSR count). The van der Waals surface area contributed by atoms with Gasteiger partial charge in [-0.2, -0.15) is 0 Å². The summed E-state index contributed by atoms with van der Waals surface area (Å²) in [5.74, 6) is -1.89. The SMILES string of the molecule is C=C(NC(C(=O)N[C@H](C(=O)N1C[C@]2(C[C@H]1C(=O)N[C@@H](CCC)C(=O)C(=O)NC1CC1)C(C)(C)C21CCC1)C1CCCCC1)C(C)(C)C)[C@@H]1CCCN(C(C)C)C1. The Bertz CT molecular complexity index is 1520. The summed E-state index contributed by atoms with van der Waals surface area (Å²) in [5, 5.41) is 12.7. The lowest BCUT2D eigenvalue weighted by Crippen LogP contribution is -2.61. The van der Waals surface area contributed by atoms with Crippen LogP contribution in [0.5, 0.6) is 0 Å². The summed E-state index contributed by atoms with van der Waals surface area (Å²) in [6, 6.07) is -2.68. The Kier molecular flexibility index (Phi) is 12.5. The second kappa shape index (κ2) is 16.4. The lowest BCUT2D eigenvalue weighted by Gasteiger charge is -2.40. The lowest BCUT2D eigenvalue weighted by molar-refractivity contribution is -0.145. The fraction of sp³-hybridized carbons (Fsp3) is 0.844. The predicted octanol–water partition coefficient (Wildman–Crippen LogP) is 5.62. The summed E-state index contributed by atoms with van der Waals surface area (Å²) < 4.78 is 0. The van der Waals surface area contributed by atoms with Crippen LogP contribution in [0, 0.1) is 33.5 Å². The largest absolute Gasteiger partial charge is 0.377 e. The van der Waals surface area contributed by atoms with Crippen molar-refractivity contribution >= 4 is 29.4 Å². The van der Waals surface area contributed by atoms with Crippen LogP contribution in [-0.2, 0) is 24.0 Å². The third-order valence-electron chi connectivity index (χ3n) is 15.6. The van der Waals surface area contributed by atoms with Gasteiger partial charge in [-0.25, -0.2) is 0 Å². The van der Waals surface area contributed by atoms with Crippen molar-refractivity contribution in [3.63, 3.8) is 0 Å². The standard InChI is InChI=1S/C45H74N6O5/c1-10-16-33(36(52)39(54)47-32-20-21-32)48-38(53)34-25-45(43(8,9)44(45)22-15-23-44)27-51(34)41(56)35(30-17-12-11-13-18-30)49-40(55)37(42(5,6)7)46-29(4)31-19-14-24-50(26-31)28(2)3/h28,30-35,37,46H,4,10-27H2,1-3,5-9H3,(H,47,54)(H,48,53)(H,49,55)/t31-,33+,34+,35+,37?,45-/m1/s1. The van der Waals surface area contributed by atoms with Crippen LogP contribution in [0.15, 0.2) is 12.3 Å². The van der Waals surface area contributed by atoms with Crippen LogP contribution in [0.2, 0.25) is 0 Å². The third-order valence-corrected chi connectivity index (χ3v) is 15.6. The molecule has 4 N–H and O–H groups in total. The maximum Gasteiger partial charge on any atom is 0.289 e. The van der Waals surface area contributed by atoms with Gasteiger partial charge < -0.3 is 31.1 Å². The molecule has 0 aromatic heterocycles. The highest BCUT2D eigenvalue weighted by atomic mass is 16.2. The number of carbonyl (C=O) groups excluding carboxylic acids is 5. The van der Waals surface area contributed by atoms with Crippen LogP contribution in [0.25, 0.3) is 0 Å². The molecule has 314 valence electrons. The van der Waals surface area contributed by atoms with E-state index < -0.39 is 41.3 Å². The minimum absolute atomic E-state index is 0.0311. The van der Waals surface area contributed by atoms with E-state index in [2.05, 4.69) is 60.4 Å². The second-order valence-electron chi connectivity index (χ2n) is 20.6. The maximum absolute atomic E-state index is 15.3. The summed E-state index contributed by atoms with van der Waals surface area (Å²) >= 11 is 0. The first-order valence-electron chi connectivity index (χ1n) is 22.3. The van der Waals surface area contributed by atoms with Crippen molar-refractivity contribution in [3.8, 4) is 0 Å². The second-order valence-corrected chi connectivity index (χ2v) is 20.6. The highest BCUT2D eigenvalue weighted by Crippen LogP contribution is 2.88. The average molecular weight is 779 g/mol. The number of hydrogen-bond acceptors (Lipinski definition) is 7. The monoisotopic (exact) mass is 779 g/mol. The molecule has 56 heavy (non-hydrogen) atoms. The Balaban J connectivity index is 1.26. The van der Waals surface area contributed by atoms with Gasteiger partial charge in [0.2, 0.25) is 23.5 Å². The first-order chi connectivity index (χ1) is 26.4. The molecule has 0 aromatic rings. The fourth-order valence-corrected chi connectivity index (χ4v) is 11.5. The number of nitrogens with one attached hydrogen (secondary N) is 4. The fourth-order valence-electron chi connectivity index (χ4n) is 11.5. The van der Waals surface area contributed by atoms with Gasteiger partial charge in [0.25, 0.3) is 5.91 Å². The number of nitrogens with zero attached hydrogens (tertiary/aromatic N) is 2. The number of likely N-dealkylation sites (tertiary alicyclic amines) is 2. The maximum atomic E-state index is 15.3. The molecule has 2 saturated heterocycles. The van der Waals surface area contributed by atoms with Gasteiger partial charge >= 0.3 is 0 Å². The van der Waals surface area contributed by atoms with E-state index >= 15 is 4.79 Å². The molecule has 0 aromatic carbocycles. The summed E-state index contributed by atoms with van der Waals surface area (Å²) in [6.45, 7) is 24.0. The van der Waals surface area contributed by atoms with E-state index in [-0.39, 0.29) is 51.8 Å². The van der Waals surface area contributed by atoms with E-state index in [1.165, 1.54) is 0 Å². The van der Waals surface area contributed by atoms with Crippen LogP contribution in [0.1, 0.15) is 152 Å². The Hall–Kier alpha value is -2.95. The summed E-state index contributed by atoms with van der Waals surface area (Å²) in [5.41, 5.74) is 0.200. The molecule has 6 fully saturated rings. The van der Waals surface area contributed by atoms with Crippen molar-refractivity contribution in [1.29, 1.82) is 0 Å². The molecule has 0 radical (unpaired) electrons. The topological polar surface area (TPSA) is 140 Å². The van der Waals surface area contributed by atoms with Crippen molar-refractivity contribution in [1.82, 2.24) is 31.1 Å². The van der Waals surface area contributed by atoms with E-state index in [9.17, 15) is 19.2 Å². The Morgan fingerprint density at radius 1 is 0.857 bits per heavy atom. The van der Waals surface area contributed by atoms with Crippen LogP contribution in [-0.4, -0.2) is 95.1 Å². The van der Waals surface area contributed by atoms with E-state index in [1.54, 1.807) is 4.90 Å². The zero-order valence-corrected chi connectivity index (χ0v) is 36.0. The van der Waals surface area contributed by atoms with Crippen molar-refractivity contribution in [2.45, 2.75) is 188 Å². The normalized spacial score (nSPS) is 28.9. The van der Waals surface area contributed by atoms with Gasteiger partial charge in [-0.15, -0.1) is 0 Å². The van der Waals surface area contributed by atoms with Crippen molar-refractivity contribution in [3.05, 3.63) is 12.3 Å². The van der Waals surface area contributed by atoms with E-state index in [4.69, 9.17) is 0 Å². The summed E-state index contributed by atoms with van der Waals surface area (Å²) in [6.07, 6.45) is 13.3. The highest BCUT2D eigenvalue weighted by molar-refractivity contribution is 6.38. The number of carbonyl (C=O) groups is 5. The minimum Gasteiger partial charge on any atom is -0.377 e. The Labute approximate surface area is 337 Å². The Morgan fingerprint density at radius 3 is 2.09 bits per heavy atom. The molecule has 4 saturated carbocycles. The van der Waals surface area contributed by atoms with Crippen LogP contribution in [0.4, 0.5) is 0 Å². The van der Waals surface area contributed by atoms with Crippen molar-refractivity contribution in [2.24, 2.45) is 33.5 Å². The van der Waals surface area contributed by atoms with Crippen LogP contribution >= 0.6 is 0 Å². The minimum atomic E-state index is -0.957. The molecule has 2 aliphatic heterocycles. The molecule has 2 spiro atoms. The first-order valence-corrected chi connectivity index (χ1v) is 22.3. The van der Waals surface area contributed by atoms with Crippen molar-refractivity contribution < 1.29 is 24.0 Å². The van der Waals surface area contributed by atoms with E-state index in [0.29, 0.717) is 31.8 Å². The molecule has 11 heteroatoms. The Morgan fingerprint density at radius 2 is 1.54 bits per heavy atom. The summed E-state index contributed by atoms with van der Waals surface area (Å²) in [7, 11) is 0. The zero-order valence-electron chi connectivity index (χ0n) is 36.0. The van der Waals surface area contributed by atoms with Gasteiger partial charge in [0.05, 0.1) is 6.04 Å². The molecule has 1 unspecified atom stereocenters. The van der Waals surface area contributed by atoms with E-state index in [1.807, 2.05) is 27.7 Å². The number of ketones is 1. The molecule has 0 bridgehead atoms. The van der Waals surface area contributed by atoms with Crippen LogP contribution < -0.4 is 21.3 Å². The van der Waals surface area contributed by atoms with Gasteiger partial charge in [0.1, 0.15) is 18.1 Å². The van der Waals surface area contributed by atoms with Gasteiger partial charge in [0, 0.05) is 42.2 Å². The molecule has 11 nitrogen and oxygen atoms in total. The molecule has 6 aliphatic rings. The third kappa shape index (κ3) is 8.05. The number of Topliss-reactive ketones (excluding diaryl/α,β-unsaturated/α-hetero) is 1. The number of amides is 4. The van der Waals surface area contributed by atoms with Gasteiger partial charge in [0.15, 0.2) is 0 Å². The van der Waals surface area contributed by atoms with Crippen molar-refractivity contribution in [2.75, 3.05) is 19.6 Å². The zero-order chi connectivity index (χ0) is 40.8. The molecule has 6 atom stereocenters. The predicted molar refractivity (Wildman–Crippen MR) is 219 cm³/mol. The van der Waals surface area contributed by atoms with Gasteiger partial charge in [-0.3, -0.25) is 24.0 Å². The van der Waals surface area contributed by atoms with Crippen LogP contribution in [0.3, 0.4) is 0 Å². The molecule has 4 amide bonds. The first kappa shape index (κ1) is 42.7. The number of fused-ring (bicyclic) bond motifs is 1. The quantitative estimate of drug-likeness (QED) is 0.158. The average Bonchev–Trinajstić information content (AvgIpc) is 3.96. The molecule has 4 aliphatic carbocycles. The highest BCUT2D eigenvalue weighted by Gasteiger charge is 2.85. The number of rotatable bonds is 15. The molecular formula is C45H74N6O5. The van der Waals surface area contributed by atoms with Gasteiger partial charge in [-0.1, -0.05) is 80.2 Å². The summed E-state index contributed by atoms with van der Waals surface area (Å²) in [4.78, 5) is 75.0. The number of hydrogen-bond donors (Lipinski definition) is 4. The lowest BCUT2D eigenvalue weighted by atomic mass is 9.73. The smallest absolute Gasteiger partial charge is 0.289 e. The molecule has 2 heterocycles. The number of piperidine rings is 1. The van der Waals surface area contributed by atoms with Gasteiger partial charge in [-0.05, 0) is 107 Å².